The Morgan fingerprint density at radius 3 is 2.44 bits per heavy atom. The fraction of sp³-hybridized carbons (Fsp3) is 0.545. The largest absolute Gasteiger partial charge is 0.462 e. The molecule has 36 heavy (non-hydrogen) atoms. The number of alkyl halides is 3. The molecule has 0 bridgehead atoms. The van der Waals surface area contributed by atoms with Gasteiger partial charge in [-0.1, -0.05) is 0 Å². The minimum absolute atomic E-state index is 0.0135. The van der Waals surface area contributed by atoms with Gasteiger partial charge in [0.1, 0.15) is 9.88 Å². The van der Waals surface area contributed by atoms with Gasteiger partial charge in [0.2, 0.25) is 0 Å². The normalized spacial score (nSPS) is 13.4. The number of hydrogen-bond acceptors (Lipinski definition) is 7. The monoisotopic (exact) mass is 610 g/mol. The number of halogens is 4. The van der Waals surface area contributed by atoms with Crippen LogP contribution in [0.3, 0.4) is 0 Å². The van der Waals surface area contributed by atoms with Gasteiger partial charge in [-0.3, -0.25) is 4.68 Å². The van der Waals surface area contributed by atoms with E-state index in [1.165, 1.54) is 4.68 Å². The van der Waals surface area contributed by atoms with E-state index in [-0.39, 0.29) is 45.7 Å². The SMILES string of the molecule is CCOC(=O)c1sc(NC(=S)NCCCn2nc(C(F)(F)F)c(Br)c2C2CC2)c(C(=O)OCC)c1C. The number of aryl methyl sites for hydroxylation is 1. The quantitative estimate of drug-likeness (QED) is 0.203. The Morgan fingerprint density at radius 1 is 1.22 bits per heavy atom. The molecule has 2 aromatic rings. The first-order valence-electron chi connectivity index (χ1n) is 11.3. The fourth-order valence-corrected chi connectivity index (χ4v) is 5.77. The van der Waals surface area contributed by atoms with Crippen molar-refractivity contribution in [1.82, 2.24) is 15.1 Å². The van der Waals surface area contributed by atoms with E-state index in [2.05, 4.69) is 31.7 Å². The third-order valence-electron chi connectivity index (χ3n) is 5.31. The van der Waals surface area contributed by atoms with Crippen LogP contribution in [-0.4, -0.2) is 46.6 Å². The Balaban J connectivity index is 1.64. The maximum absolute atomic E-state index is 13.3. The van der Waals surface area contributed by atoms with Gasteiger partial charge in [0.15, 0.2) is 10.8 Å². The summed E-state index contributed by atoms with van der Waals surface area (Å²) in [4.78, 5) is 25.1. The zero-order valence-corrected chi connectivity index (χ0v) is 23.1. The van der Waals surface area contributed by atoms with Crippen molar-refractivity contribution in [3.63, 3.8) is 0 Å². The van der Waals surface area contributed by atoms with Crippen LogP contribution in [0.1, 0.15) is 76.0 Å². The lowest BCUT2D eigenvalue weighted by Crippen LogP contribution is -2.30. The molecule has 2 N–H and O–H groups in total. The van der Waals surface area contributed by atoms with Crippen molar-refractivity contribution in [1.29, 1.82) is 0 Å². The summed E-state index contributed by atoms with van der Waals surface area (Å²) in [6.45, 7) is 5.96. The molecule has 1 aliphatic rings. The highest BCUT2D eigenvalue weighted by molar-refractivity contribution is 9.10. The second kappa shape index (κ2) is 11.9. The molecule has 3 rings (SSSR count). The molecule has 0 radical (unpaired) electrons. The molecule has 2 heterocycles. The van der Waals surface area contributed by atoms with Crippen LogP contribution in [0.15, 0.2) is 4.47 Å². The van der Waals surface area contributed by atoms with E-state index in [1.807, 2.05) is 0 Å². The van der Waals surface area contributed by atoms with Gasteiger partial charge in [-0.05, 0) is 73.7 Å². The molecule has 1 aliphatic carbocycles. The van der Waals surface area contributed by atoms with Crippen molar-refractivity contribution in [2.24, 2.45) is 0 Å². The maximum Gasteiger partial charge on any atom is 0.436 e. The van der Waals surface area contributed by atoms with E-state index in [0.29, 0.717) is 29.2 Å². The van der Waals surface area contributed by atoms with Gasteiger partial charge in [0.25, 0.3) is 0 Å². The number of thiophene rings is 1. The molecule has 0 saturated heterocycles. The van der Waals surface area contributed by atoms with Crippen molar-refractivity contribution in [3.8, 4) is 0 Å². The summed E-state index contributed by atoms with van der Waals surface area (Å²) in [5, 5.41) is 10.2. The molecule has 1 fully saturated rings. The predicted molar refractivity (Wildman–Crippen MR) is 137 cm³/mol. The molecule has 0 aromatic carbocycles. The molecule has 14 heteroatoms. The summed E-state index contributed by atoms with van der Waals surface area (Å²) in [6.07, 6.45) is -2.40. The number of rotatable bonds is 10. The van der Waals surface area contributed by atoms with Crippen molar-refractivity contribution in [2.45, 2.75) is 58.7 Å². The molecule has 2 aromatic heterocycles. The fourth-order valence-electron chi connectivity index (χ4n) is 3.57. The number of hydrogen-bond donors (Lipinski definition) is 2. The summed E-state index contributed by atoms with van der Waals surface area (Å²) in [7, 11) is 0. The molecule has 1 saturated carbocycles. The van der Waals surface area contributed by atoms with E-state index in [4.69, 9.17) is 21.7 Å². The number of thiocarbonyl (C=S) groups is 1. The van der Waals surface area contributed by atoms with E-state index < -0.39 is 23.8 Å². The van der Waals surface area contributed by atoms with Crippen LogP contribution in [0.4, 0.5) is 18.2 Å². The number of ether oxygens (including phenoxy) is 2. The highest BCUT2D eigenvalue weighted by atomic mass is 79.9. The molecular formula is C22H26BrF3N4O4S2. The predicted octanol–water partition coefficient (Wildman–Crippen LogP) is 5.64. The number of nitrogens with zero attached hydrogens (tertiary/aromatic N) is 2. The number of nitrogens with one attached hydrogen (secondary N) is 2. The molecule has 0 atom stereocenters. The third-order valence-corrected chi connectivity index (χ3v) is 7.53. The highest BCUT2D eigenvalue weighted by Gasteiger charge is 2.41. The Hall–Kier alpha value is -2.19. The first-order valence-corrected chi connectivity index (χ1v) is 13.4. The number of esters is 2. The van der Waals surface area contributed by atoms with Crippen molar-refractivity contribution < 1.29 is 32.2 Å². The van der Waals surface area contributed by atoms with Gasteiger partial charge in [-0.25, -0.2) is 9.59 Å². The van der Waals surface area contributed by atoms with Crippen molar-refractivity contribution in [2.75, 3.05) is 25.1 Å². The second-order valence-corrected chi connectivity index (χ2v) is 10.2. The second-order valence-electron chi connectivity index (χ2n) is 7.98. The third kappa shape index (κ3) is 6.57. The van der Waals surface area contributed by atoms with Gasteiger partial charge < -0.3 is 20.1 Å². The van der Waals surface area contributed by atoms with E-state index in [1.54, 1.807) is 20.8 Å². The number of carbonyl (C=O) groups excluding carboxylic acids is 2. The molecule has 0 spiro atoms. The van der Waals surface area contributed by atoms with Crippen LogP contribution in [0.25, 0.3) is 0 Å². The average molecular weight is 612 g/mol. The van der Waals surface area contributed by atoms with Crippen molar-refractivity contribution in [3.05, 3.63) is 31.9 Å². The molecule has 0 unspecified atom stereocenters. The van der Waals surface area contributed by atoms with E-state index >= 15 is 0 Å². The number of anilines is 1. The van der Waals surface area contributed by atoms with Crippen LogP contribution in [-0.2, 0) is 22.2 Å². The lowest BCUT2D eigenvalue weighted by Gasteiger charge is -2.12. The lowest BCUT2D eigenvalue weighted by atomic mass is 10.1. The van der Waals surface area contributed by atoms with Gasteiger partial charge in [-0.15, -0.1) is 11.3 Å². The van der Waals surface area contributed by atoms with Gasteiger partial charge in [-0.2, -0.15) is 18.3 Å². The Labute approximate surface area is 224 Å². The summed E-state index contributed by atoms with van der Waals surface area (Å²) in [5.41, 5.74) is 0.290. The van der Waals surface area contributed by atoms with Crippen LogP contribution in [0.2, 0.25) is 0 Å². The molecule has 0 aliphatic heterocycles. The molecule has 0 amide bonds. The van der Waals surface area contributed by atoms with Gasteiger partial charge in [0, 0.05) is 19.0 Å². The van der Waals surface area contributed by atoms with Crippen LogP contribution >= 0.6 is 39.5 Å². The zero-order valence-electron chi connectivity index (χ0n) is 19.9. The standard InChI is InChI=1S/C22H26BrF3N4O4S2/c1-4-33-19(31)13-11(3)16(20(32)34-5-2)36-18(13)28-21(35)27-9-6-10-30-15(12-7-8-12)14(23)17(29-30)22(24,25)26/h12H,4-10H2,1-3H3,(H2,27,28,35). The molecule has 8 nitrogen and oxygen atoms in total. The zero-order chi connectivity index (χ0) is 26.6. The summed E-state index contributed by atoms with van der Waals surface area (Å²) < 4.78 is 51.5. The number of carbonyl (C=O) groups is 2. The minimum Gasteiger partial charge on any atom is -0.462 e. The summed E-state index contributed by atoms with van der Waals surface area (Å²) >= 11 is 9.45. The van der Waals surface area contributed by atoms with Crippen LogP contribution < -0.4 is 10.6 Å². The summed E-state index contributed by atoms with van der Waals surface area (Å²) in [5.74, 6) is -1.06. The smallest absolute Gasteiger partial charge is 0.436 e. The maximum atomic E-state index is 13.3. The van der Waals surface area contributed by atoms with Crippen molar-refractivity contribution >= 4 is 61.5 Å². The first-order chi connectivity index (χ1) is 17.0. The van der Waals surface area contributed by atoms with Gasteiger partial charge >= 0.3 is 18.1 Å². The Bertz CT molecular complexity index is 1150. The average Bonchev–Trinajstić information content (AvgIpc) is 3.49. The minimum atomic E-state index is -4.53. The van der Waals surface area contributed by atoms with E-state index in [9.17, 15) is 22.8 Å². The molecular weight excluding hydrogens is 585 g/mol. The summed E-state index contributed by atoms with van der Waals surface area (Å²) in [6, 6.07) is 0. The van der Waals surface area contributed by atoms with Gasteiger partial charge in [0.05, 0.1) is 28.9 Å². The Morgan fingerprint density at radius 2 is 1.86 bits per heavy atom. The highest BCUT2D eigenvalue weighted by Crippen LogP contribution is 2.47. The van der Waals surface area contributed by atoms with Crippen LogP contribution in [0, 0.1) is 6.92 Å². The lowest BCUT2D eigenvalue weighted by molar-refractivity contribution is -0.142. The Kier molecular flexibility index (Phi) is 9.39. The van der Waals surface area contributed by atoms with E-state index in [0.717, 1.165) is 24.2 Å². The topological polar surface area (TPSA) is 94.5 Å². The molecule has 198 valence electrons. The number of aromatic nitrogens is 2. The first kappa shape index (κ1) is 28.4. The van der Waals surface area contributed by atoms with Crippen LogP contribution in [0.5, 0.6) is 0 Å².